The van der Waals surface area contributed by atoms with Gasteiger partial charge < -0.3 is 10.1 Å². The van der Waals surface area contributed by atoms with Crippen molar-refractivity contribution in [1.82, 2.24) is 0 Å². The highest BCUT2D eigenvalue weighted by Crippen LogP contribution is 2.37. The summed E-state index contributed by atoms with van der Waals surface area (Å²) in [6.07, 6.45) is -1.02. The van der Waals surface area contributed by atoms with Crippen LogP contribution in [0.5, 0.6) is 5.75 Å². The fourth-order valence-electron chi connectivity index (χ4n) is 3.52. The van der Waals surface area contributed by atoms with Gasteiger partial charge in [-0.2, -0.15) is 0 Å². The van der Waals surface area contributed by atoms with Crippen LogP contribution in [0.3, 0.4) is 0 Å². The van der Waals surface area contributed by atoms with Crippen LogP contribution in [0.2, 0.25) is 5.02 Å². The topological polar surface area (TPSA) is 75.7 Å². The zero-order chi connectivity index (χ0) is 22.2. The molecule has 8 heteroatoms. The predicted molar refractivity (Wildman–Crippen MR) is 121 cm³/mol. The molecule has 160 valence electrons. The van der Waals surface area contributed by atoms with Crippen LogP contribution in [0.15, 0.2) is 71.6 Å². The minimum absolute atomic E-state index is 0.0857. The Hall–Kier alpha value is -3.03. The lowest BCUT2D eigenvalue weighted by Crippen LogP contribution is -2.48. The molecule has 0 bridgehead atoms. The van der Waals surface area contributed by atoms with Gasteiger partial charge in [-0.1, -0.05) is 41.9 Å². The van der Waals surface area contributed by atoms with E-state index >= 15 is 0 Å². The van der Waals surface area contributed by atoms with E-state index in [1.165, 1.54) is 28.6 Å². The molecule has 4 rings (SSSR count). The molecule has 0 aromatic heterocycles. The van der Waals surface area contributed by atoms with Crippen molar-refractivity contribution < 1.29 is 17.9 Å². The molecule has 0 saturated heterocycles. The zero-order valence-electron chi connectivity index (χ0n) is 17.0. The number of anilines is 2. The predicted octanol–water partition coefficient (Wildman–Crippen LogP) is 4.55. The lowest BCUT2D eigenvalue weighted by atomic mass is 10.1. The van der Waals surface area contributed by atoms with Crippen LogP contribution >= 0.6 is 11.6 Å². The zero-order valence-corrected chi connectivity index (χ0v) is 18.6. The summed E-state index contributed by atoms with van der Waals surface area (Å²) in [5, 5.41) is 3.33. The summed E-state index contributed by atoms with van der Waals surface area (Å²) in [5.74, 6) is -0.0869. The van der Waals surface area contributed by atoms with Crippen LogP contribution in [0.4, 0.5) is 11.4 Å². The van der Waals surface area contributed by atoms with Crippen molar-refractivity contribution in [1.29, 1.82) is 0 Å². The van der Waals surface area contributed by atoms with E-state index in [-0.39, 0.29) is 11.4 Å². The number of para-hydroxylation sites is 3. The van der Waals surface area contributed by atoms with Crippen LogP contribution in [0.25, 0.3) is 0 Å². The van der Waals surface area contributed by atoms with Crippen LogP contribution in [0, 0.1) is 13.8 Å². The number of hydrogen-bond acceptors (Lipinski definition) is 4. The summed E-state index contributed by atoms with van der Waals surface area (Å²) in [6, 6.07) is 18.4. The molecule has 0 unspecified atom stereocenters. The number of sulfonamides is 1. The molecule has 0 aliphatic carbocycles. The standard InChI is InChI=1S/C23H21ClN2O4S/c1-15-6-5-7-16(2)22(15)25-23(27)21-14-26(19-8-3-4-9-20(19)30-21)31(28,29)18-12-10-17(24)11-13-18/h3-13,21H,14H2,1-2H3,(H,25,27)/t21-/m0/s1. The minimum atomic E-state index is -3.93. The summed E-state index contributed by atoms with van der Waals surface area (Å²) in [6.45, 7) is 3.65. The fourth-order valence-corrected chi connectivity index (χ4v) is 5.12. The molecular formula is C23H21ClN2O4S. The third kappa shape index (κ3) is 4.11. The van der Waals surface area contributed by atoms with Crippen molar-refractivity contribution >= 4 is 38.9 Å². The molecule has 0 fully saturated rings. The molecule has 1 atom stereocenters. The number of rotatable bonds is 4. The van der Waals surface area contributed by atoms with Gasteiger partial charge in [0.05, 0.1) is 17.1 Å². The van der Waals surface area contributed by atoms with E-state index in [1.54, 1.807) is 24.3 Å². The first kappa shape index (κ1) is 21.2. The van der Waals surface area contributed by atoms with E-state index in [0.717, 1.165) is 11.1 Å². The lowest BCUT2D eigenvalue weighted by Gasteiger charge is -2.34. The molecular weight excluding hydrogens is 436 g/mol. The van der Waals surface area contributed by atoms with Crippen LogP contribution in [-0.2, 0) is 14.8 Å². The number of carbonyl (C=O) groups is 1. The molecule has 1 N–H and O–H groups in total. The van der Waals surface area contributed by atoms with E-state index in [2.05, 4.69) is 5.32 Å². The Labute approximate surface area is 186 Å². The number of ether oxygens (including phenoxy) is 1. The van der Waals surface area contributed by atoms with Crippen molar-refractivity contribution in [2.75, 3.05) is 16.2 Å². The first-order valence-corrected chi connectivity index (χ1v) is 11.5. The number of nitrogens with zero attached hydrogens (tertiary/aromatic N) is 1. The lowest BCUT2D eigenvalue weighted by molar-refractivity contribution is -0.122. The number of fused-ring (bicyclic) bond motifs is 1. The number of nitrogens with one attached hydrogen (secondary N) is 1. The molecule has 1 aliphatic heterocycles. The second-order valence-electron chi connectivity index (χ2n) is 7.32. The summed E-state index contributed by atoms with van der Waals surface area (Å²) < 4.78 is 33.9. The Morgan fingerprint density at radius 1 is 1.00 bits per heavy atom. The largest absolute Gasteiger partial charge is 0.476 e. The molecule has 0 spiro atoms. The smallest absolute Gasteiger partial charge is 0.267 e. The van der Waals surface area contributed by atoms with E-state index in [9.17, 15) is 13.2 Å². The maximum atomic E-state index is 13.4. The summed E-state index contributed by atoms with van der Waals surface area (Å²) in [4.78, 5) is 13.1. The molecule has 1 amide bonds. The highest BCUT2D eigenvalue weighted by atomic mass is 35.5. The van der Waals surface area contributed by atoms with Gasteiger partial charge in [-0.15, -0.1) is 0 Å². The highest BCUT2D eigenvalue weighted by Gasteiger charge is 2.37. The number of hydrogen-bond donors (Lipinski definition) is 1. The quantitative estimate of drug-likeness (QED) is 0.624. The number of aryl methyl sites for hydroxylation is 2. The molecule has 3 aromatic rings. The third-order valence-electron chi connectivity index (χ3n) is 5.16. The van der Waals surface area contributed by atoms with E-state index in [1.807, 2.05) is 32.0 Å². The molecule has 0 radical (unpaired) electrons. The van der Waals surface area contributed by atoms with Gasteiger partial charge in [0.2, 0.25) is 0 Å². The van der Waals surface area contributed by atoms with E-state index < -0.39 is 22.0 Å². The number of amides is 1. The number of halogens is 1. The fraction of sp³-hybridized carbons (Fsp3) is 0.174. The minimum Gasteiger partial charge on any atom is -0.476 e. The molecule has 1 aliphatic rings. The Kier molecular flexibility index (Phi) is 5.64. The van der Waals surface area contributed by atoms with E-state index in [4.69, 9.17) is 16.3 Å². The normalized spacial score (nSPS) is 15.7. The maximum absolute atomic E-state index is 13.4. The van der Waals surface area contributed by atoms with Crippen LogP contribution < -0.4 is 14.4 Å². The van der Waals surface area contributed by atoms with Gasteiger partial charge in [0, 0.05) is 10.7 Å². The van der Waals surface area contributed by atoms with Gasteiger partial charge in [-0.3, -0.25) is 9.10 Å². The first-order valence-electron chi connectivity index (χ1n) is 9.68. The van der Waals surface area contributed by atoms with Gasteiger partial charge in [-0.25, -0.2) is 8.42 Å². The second kappa shape index (κ2) is 8.24. The van der Waals surface area contributed by atoms with Gasteiger partial charge in [0.1, 0.15) is 5.75 Å². The summed E-state index contributed by atoms with van der Waals surface area (Å²) >= 11 is 5.91. The Morgan fingerprint density at radius 3 is 2.32 bits per heavy atom. The number of carbonyl (C=O) groups excluding carboxylic acids is 1. The first-order chi connectivity index (χ1) is 14.8. The number of benzene rings is 3. The molecule has 1 heterocycles. The van der Waals surface area contributed by atoms with Crippen molar-refractivity contribution in [2.24, 2.45) is 0 Å². The van der Waals surface area contributed by atoms with Crippen LogP contribution in [-0.4, -0.2) is 27.0 Å². The molecule has 6 nitrogen and oxygen atoms in total. The maximum Gasteiger partial charge on any atom is 0.267 e. The van der Waals surface area contributed by atoms with Gasteiger partial charge >= 0.3 is 0 Å². The molecule has 3 aromatic carbocycles. The average Bonchev–Trinajstić information content (AvgIpc) is 2.75. The molecule has 0 saturated carbocycles. The van der Waals surface area contributed by atoms with Crippen molar-refractivity contribution in [3.63, 3.8) is 0 Å². The third-order valence-corrected chi connectivity index (χ3v) is 7.20. The molecule has 31 heavy (non-hydrogen) atoms. The second-order valence-corrected chi connectivity index (χ2v) is 9.62. The van der Waals surface area contributed by atoms with Crippen LogP contribution in [0.1, 0.15) is 11.1 Å². The average molecular weight is 457 g/mol. The van der Waals surface area contributed by atoms with Gasteiger partial charge in [0.15, 0.2) is 6.10 Å². The summed E-state index contributed by atoms with van der Waals surface area (Å²) in [7, 11) is -3.93. The van der Waals surface area contributed by atoms with Crippen molar-refractivity contribution in [2.45, 2.75) is 24.8 Å². The monoisotopic (exact) mass is 456 g/mol. The van der Waals surface area contributed by atoms with Crippen molar-refractivity contribution in [3.05, 3.63) is 82.9 Å². The Morgan fingerprint density at radius 2 is 1.65 bits per heavy atom. The van der Waals surface area contributed by atoms with Gasteiger partial charge in [-0.05, 0) is 61.4 Å². The SMILES string of the molecule is Cc1cccc(C)c1NC(=O)[C@@H]1CN(S(=O)(=O)c2ccc(Cl)cc2)c2ccccc2O1. The van der Waals surface area contributed by atoms with E-state index in [0.29, 0.717) is 22.1 Å². The van der Waals surface area contributed by atoms with Crippen molar-refractivity contribution in [3.8, 4) is 5.75 Å². The summed E-state index contributed by atoms with van der Waals surface area (Å²) in [5.41, 5.74) is 2.90. The Balaban J connectivity index is 1.69. The Bertz CT molecular complexity index is 1220. The van der Waals surface area contributed by atoms with Gasteiger partial charge in [0.25, 0.3) is 15.9 Å². The highest BCUT2D eigenvalue weighted by molar-refractivity contribution is 7.92.